The number of anilines is 1. The van der Waals surface area contributed by atoms with Crippen LogP contribution in [0.25, 0.3) is 0 Å². The Morgan fingerprint density at radius 1 is 1.05 bits per heavy atom. The standard InChI is InChI=1S/C14H12Cl2INO2S/c1-9-3-5-11(6-4-9)21(19,20)18(2)10-7-12(15)14(17)13(16)8-10/h3-8H,1-2H3. The number of benzene rings is 2. The third-order valence-corrected chi connectivity index (χ3v) is 7.21. The summed E-state index contributed by atoms with van der Waals surface area (Å²) in [6.45, 7) is 1.90. The molecule has 0 spiro atoms. The van der Waals surface area contributed by atoms with Crippen molar-refractivity contribution in [3.63, 3.8) is 0 Å². The number of nitrogens with zero attached hydrogens (tertiary/aromatic N) is 1. The third-order valence-electron chi connectivity index (χ3n) is 3.01. The van der Waals surface area contributed by atoms with Gasteiger partial charge in [0.2, 0.25) is 0 Å². The molecule has 7 heteroatoms. The van der Waals surface area contributed by atoms with Crippen molar-refractivity contribution in [1.29, 1.82) is 0 Å². The molecule has 0 saturated heterocycles. The lowest BCUT2D eigenvalue weighted by molar-refractivity contribution is 0.594. The Morgan fingerprint density at radius 2 is 1.52 bits per heavy atom. The molecule has 0 atom stereocenters. The van der Waals surface area contributed by atoms with Crippen LogP contribution in [0.5, 0.6) is 0 Å². The molecular formula is C14H12Cl2INO2S. The molecule has 2 aromatic carbocycles. The van der Waals surface area contributed by atoms with E-state index in [0.29, 0.717) is 19.3 Å². The second-order valence-electron chi connectivity index (χ2n) is 4.51. The van der Waals surface area contributed by atoms with Gasteiger partial charge in [0, 0.05) is 7.05 Å². The predicted octanol–water partition coefficient (Wildman–Crippen LogP) is 4.73. The maximum absolute atomic E-state index is 12.6. The first kappa shape index (κ1) is 16.9. The van der Waals surface area contributed by atoms with Crippen LogP contribution in [-0.2, 0) is 10.0 Å². The lowest BCUT2D eigenvalue weighted by Gasteiger charge is -2.20. The number of halogens is 3. The molecule has 0 N–H and O–H groups in total. The molecule has 112 valence electrons. The number of rotatable bonds is 3. The van der Waals surface area contributed by atoms with E-state index in [4.69, 9.17) is 23.2 Å². The van der Waals surface area contributed by atoms with Crippen molar-refractivity contribution in [2.45, 2.75) is 11.8 Å². The summed E-state index contributed by atoms with van der Waals surface area (Å²) in [4.78, 5) is 0.224. The van der Waals surface area contributed by atoms with Gasteiger partial charge in [0.05, 0.1) is 24.2 Å². The van der Waals surface area contributed by atoms with Crippen LogP contribution in [-0.4, -0.2) is 15.5 Å². The zero-order valence-electron chi connectivity index (χ0n) is 11.3. The van der Waals surface area contributed by atoms with E-state index in [2.05, 4.69) is 0 Å². The number of hydrogen-bond donors (Lipinski definition) is 0. The van der Waals surface area contributed by atoms with Crippen LogP contribution < -0.4 is 4.31 Å². The Kier molecular flexibility index (Phi) is 5.07. The van der Waals surface area contributed by atoms with Crippen molar-refractivity contribution in [2.24, 2.45) is 0 Å². The van der Waals surface area contributed by atoms with E-state index in [1.165, 1.54) is 11.4 Å². The molecule has 0 aliphatic carbocycles. The number of sulfonamides is 1. The average molecular weight is 456 g/mol. The number of hydrogen-bond acceptors (Lipinski definition) is 2. The molecule has 0 unspecified atom stereocenters. The van der Waals surface area contributed by atoms with Gasteiger partial charge in [0.15, 0.2) is 0 Å². The van der Waals surface area contributed by atoms with Crippen LogP contribution in [0.1, 0.15) is 5.56 Å². The SMILES string of the molecule is Cc1ccc(S(=O)(=O)N(C)c2cc(Cl)c(I)c(Cl)c2)cc1. The van der Waals surface area contributed by atoms with Gasteiger partial charge < -0.3 is 0 Å². The smallest absolute Gasteiger partial charge is 0.264 e. The highest BCUT2D eigenvalue weighted by Gasteiger charge is 2.22. The van der Waals surface area contributed by atoms with E-state index in [1.807, 2.05) is 29.5 Å². The second kappa shape index (κ2) is 6.32. The van der Waals surface area contributed by atoms with Gasteiger partial charge in [-0.3, -0.25) is 4.31 Å². The monoisotopic (exact) mass is 455 g/mol. The zero-order chi connectivity index (χ0) is 15.8. The van der Waals surface area contributed by atoms with Gasteiger partial charge in [-0.25, -0.2) is 8.42 Å². The average Bonchev–Trinajstić information content (AvgIpc) is 2.43. The molecule has 0 bridgehead atoms. The normalized spacial score (nSPS) is 11.5. The minimum Gasteiger partial charge on any atom is -0.269 e. The van der Waals surface area contributed by atoms with Crippen LogP contribution in [0.3, 0.4) is 0 Å². The van der Waals surface area contributed by atoms with Crippen molar-refractivity contribution >= 4 is 61.5 Å². The Hall–Kier alpha value is -0.500. The highest BCUT2D eigenvalue weighted by molar-refractivity contribution is 14.1. The summed E-state index contributed by atoms with van der Waals surface area (Å²) in [7, 11) is -2.17. The molecule has 0 saturated carbocycles. The number of aryl methyl sites for hydroxylation is 1. The van der Waals surface area contributed by atoms with Gasteiger partial charge in [-0.1, -0.05) is 40.9 Å². The molecule has 0 aliphatic heterocycles. The second-order valence-corrected chi connectivity index (χ2v) is 8.37. The van der Waals surface area contributed by atoms with Gasteiger partial charge in [-0.2, -0.15) is 0 Å². The van der Waals surface area contributed by atoms with Crippen LogP contribution >= 0.6 is 45.8 Å². The summed E-state index contributed by atoms with van der Waals surface area (Å²) in [5.74, 6) is 0. The van der Waals surface area contributed by atoms with E-state index >= 15 is 0 Å². The molecule has 0 amide bonds. The zero-order valence-corrected chi connectivity index (χ0v) is 15.8. The van der Waals surface area contributed by atoms with E-state index in [1.54, 1.807) is 36.4 Å². The first-order chi connectivity index (χ1) is 9.73. The molecule has 2 rings (SSSR count). The molecule has 0 fully saturated rings. The predicted molar refractivity (Wildman–Crippen MR) is 95.9 cm³/mol. The van der Waals surface area contributed by atoms with Gasteiger partial charge in [-0.15, -0.1) is 0 Å². The lowest BCUT2D eigenvalue weighted by Crippen LogP contribution is -2.26. The third kappa shape index (κ3) is 3.47. The van der Waals surface area contributed by atoms with E-state index in [0.717, 1.165) is 5.56 Å². The summed E-state index contributed by atoms with van der Waals surface area (Å²) in [6.07, 6.45) is 0. The highest BCUT2D eigenvalue weighted by atomic mass is 127. The largest absolute Gasteiger partial charge is 0.269 e. The summed E-state index contributed by atoms with van der Waals surface area (Å²) in [5, 5.41) is 0.841. The summed E-state index contributed by atoms with van der Waals surface area (Å²) >= 11 is 14.1. The molecule has 2 aromatic rings. The molecule has 21 heavy (non-hydrogen) atoms. The first-order valence-electron chi connectivity index (χ1n) is 5.93. The van der Waals surface area contributed by atoms with Gasteiger partial charge >= 0.3 is 0 Å². The Labute approximate surface area is 148 Å². The van der Waals surface area contributed by atoms with Crippen LogP contribution in [0, 0.1) is 10.5 Å². The van der Waals surface area contributed by atoms with Crippen molar-refractivity contribution in [3.05, 3.63) is 55.6 Å². The van der Waals surface area contributed by atoms with Crippen molar-refractivity contribution in [1.82, 2.24) is 0 Å². The fraction of sp³-hybridized carbons (Fsp3) is 0.143. The van der Waals surface area contributed by atoms with E-state index in [9.17, 15) is 8.42 Å². The minimum atomic E-state index is -3.64. The minimum absolute atomic E-state index is 0.224. The Morgan fingerprint density at radius 3 is 2.00 bits per heavy atom. The van der Waals surface area contributed by atoms with Crippen LogP contribution in [0.4, 0.5) is 5.69 Å². The van der Waals surface area contributed by atoms with E-state index in [-0.39, 0.29) is 4.90 Å². The molecule has 0 radical (unpaired) electrons. The topological polar surface area (TPSA) is 37.4 Å². The van der Waals surface area contributed by atoms with Gasteiger partial charge in [-0.05, 0) is 53.8 Å². The quantitative estimate of drug-likeness (QED) is 0.495. The molecule has 3 nitrogen and oxygen atoms in total. The summed E-state index contributed by atoms with van der Waals surface area (Å²) < 4.78 is 27.0. The summed E-state index contributed by atoms with van der Waals surface area (Å²) in [5.41, 5.74) is 1.42. The van der Waals surface area contributed by atoms with E-state index < -0.39 is 10.0 Å². The first-order valence-corrected chi connectivity index (χ1v) is 9.21. The maximum atomic E-state index is 12.6. The van der Waals surface area contributed by atoms with Crippen molar-refractivity contribution < 1.29 is 8.42 Å². The van der Waals surface area contributed by atoms with Gasteiger partial charge in [0.1, 0.15) is 0 Å². The maximum Gasteiger partial charge on any atom is 0.264 e. The lowest BCUT2D eigenvalue weighted by atomic mass is 10.2. The fourth-order valence-electron chi connectivity index (χ4n) is 1.73. The van der Waals surface area contributed by atoms with Gasteiger partial charge in [0.25, 0.3) is 10.0 Å². The van der Waals surface area contributed by atoms with Crippen LogP contribution in [0.2, 0.25) is 10.0 Å². The molecule has 0 aromatic heterocycles. The molecular weight excluding hydrogens is 444 g/mol. The van der Waals surface area contributed by atoms with Crippen LogP contribution in [0.15, 0.2) is 41.3 Å². The molecule has 0 aliphatic rings. The Balaban J connectivity index is 2.48. The van der Waals surface area contributed by atoms with Crippen molar-refractivity contribution in [2.75, 3.05) is 11.4 Å². The highest BCUT2D eigenvalue weighted by Crippen LogP contribution is 2.33. The fourth-order valence-corrected chi connectivity index (χ4v) is 3.70. The van der Waals surface area contributed by atoms with Crippen molar-refractivity contribution in [3.8, 4) is 0 Å². The molecule has 0 heterocycles. The summed E-state index contributed by atoms with van der Waals surface area (Å²) in [6, 6.07) is 9.85. The Bertz CT molecular complexity index is 753.